The SMILES string of the molecule is O=C(NCCCn1cncn1)NCc1csc2ccccc12. The second kappa shape index (κ2) is 7.04. The molecule has 2 heterocycles. The number of hydrogen-bond donors (Lipinski definition) is 2. The lowest BCUT2D eigenvalue weighted by Gasteiger charge is -2.07. The van der Waals surface area contributed by atoms with Crippen molar-refractivity contribution in [3.63, 3.8) is 0 Å². The van der Waals surface area contributed by atoms with Crippen LogP contribution in [0.5, 0.6) is 0 Å². The van der Waals surface area contributed by atoms with Crippen LogP contribution in [0.4, 0.5) is 4.79 Å². The third kappa shape index (κ3) is 3.62. The molecule has 0 aliphatic rings. The molecule has 0 saturated heterocycles. The first-order valence-corrected chi connectivity index (χ1v) is 8.00. The molecule has 0 radical (unpaired) electrons. The number of urea groups is 1. The fourth-order valence-electron chi connectivity index (χ4n) is 2.20. The molecule has 6 nitrogen and oxygen atoms in total. The minimum atomic E-state index is -0.145. The second-order valence-corrected chi connectivity index (χ2v) is 5.79. The van der Waals surface area contributed by atoms with Crippen molar-refractivity contribution >= 4 is 27.5 Å². The van der Waals surface area contributed by atoms with Crippen LogP contribution in [0, 0.1) is 0 Å². The summed E-state index contributed by atoms with van der Waals surface area (Å²) < 4.78 is 2.99. The van der Waals surface area contributed by atoms with E-state index < -0.39 is 0 Å². The van der Waals surface area contributed by atoms with Gasteiger partial charge in [-0.2, -0.15) is 5.10 Å². The van der Waals surface area contributed by atoms with E-state index >= 15 is 0 Å². The van der Waals surface area contributed by atoms with Gasteiger partial charge in [0.25, 0.3) is 0 Å². The van der Waals surface area contributed by atoms with Gasteiger partial charge in [-0.3, -0.25) is 4.68 Å². The maximum Gasteiger partial charge on any atom is 0.315 e. The number of fused-ring (bicyclic) bond motifs is 1. The summed E-state index contributed by atoms with van der Waals surface area (Å²) in [7, 11) is 0. The molecule has 0 aliphatic heterocycles. The fourth-order valence-corrected chi connectivity index (χ4v) is 3.16. The summed E-state index contributed by atoms with van der Waals surface area (Å²) in [6.07, 6.45) is 3.99. The van der Waals surface area contributed by atoms with Crippen molar-refractivity contribution in [1.29, 1.82) is 0 Å². The molecule has 2 aromatic heterocycles. The van der Waals surface area contributed by atoms with Crippen LogP contribution in [0.3, 0.4) is 0 Å². The molecule has 0 unspecified atom stereocenters. The zero-order valence-electron chi connectivity index (χ0n) is 12.0. The van der Waals surface area contributed by atoms with Crippen molar-refractivity contribution in [2.75, 3.05) is 6.54 Å². The van der Waals surface area contributed by atoms with E-state index in [0.29, 0.717) is 13.1 Å². The Morgan fingerprint density at radius 3 is 3.05 bits per heavy atom. The highest BCUT2D eigenvalue weighted by molar-refractivity contribution is 7.17. The molecule has 0 aliphatic carbocycles. The quantitative estimate of drug-likeness (QED) is 0.686. The van der Waals surface area contributed by atoms with Gasteiger partial charge in [0.15, 0.2) is 0 Å². The van der Waals surface area contributed by atoms with Crippen molar-refractivity contribution in [1.82, 2.24) is 25.4 Å². The van der Waals surface area contributed by atoms with Gasteiger partial charge in [-0.05, 0) is 28.8 Å². The zero-order chi connectivity index (χ0) is 15.2. The summed E-state index contributed by atoms with van der Waals surface area (Å²) in [6, 6.07) is 8.07. The Morgan fingerprint density at radius 1 is 1.27 bits per heavy atom. The highest BCUT2D eigenvalue weighted by atomic mass is 32.1. The molecule has 2 amide bonds. The number of aromatic nitrogens is 3. The molecule has 7 heteroatoms. The van der Waals surface area contributed by atoms with Crippen LogP contribution >= 0.6 is 11.3 Å². The van der Waals surface area contributed by atoms with Crippen molar-refractivity contribution in [2.45, 2.75) is 19.5 Å². The van der Waals surface area contributed by atoms with Gasteiger partial charge < -0.3 is 10.6 Å². The average molecular weight is 315 g/mol. The van der Waals surface area contributed by atoms with Gasteiger partial charge in [-0.15, -0.1) is 11.3 Å². The number of hydrogen-bond acceptors (Lipinski definition) is 4. The first-order chi connectivity index (χ1) is 10.8. The predicted octanol–water partition coefficient (Wildman–Crippen LogP) is 2.38. The summed E-state index contributed by atoms with van der Waals surface area (Å²) >= 11 is 1.70. The van der Waals surface area contributed by atoms with Gasteiger partial charge in [0.1, 0.15) is 12.7 Å². The molecular weight excluding hydrogens is 298 g/mol. The largest absolute Gasteiger partial charge is 0.338 e. The molecule has 22 heavy (non-hydrogen) atoms. The Labute approximate surface area is 132 Å². The Bertz CT molecular complexity index is 737. The van der Waals surface area contributed by atoms with Crippen LogP contribution in [0.25, 0.3) is 10.1 Å². The smallest absolute Gasteiger partial charge is 0.315 e. The highest BCUT2D eigenvalue weighted by Gasteiger charge is 2.05. The summed E-state index contributed by atoms with van der Waals surface area (Å²) in [4.78, 5) is 15.7. The van der Waals surface area contributed by atoms with Gasteiger partial charge >= 0.3 is 6.03 Å². The average Bonchev–Trinajstić information content (AvgIpc) is 3.19. The lowest BCUT2D eigenvalue weighted by atomic mass is 10.2. The van der Waals surface area contributed by atoms with Crippen molar-refractivity contribution < 1.29 is 4.79 Å². The van der Waals surface area contributed by atoms with Gasteiger partial charge in [-0.25, -0.2) is 9.78 Å². The molecule has 0 fully saturated rings. The van der Waals surface area contributed by atoms with Crippen LogP contribution in [0.1, 0.15) is 12.0 Å². The number of benzene rings is 1. The van der Waals surface area contributed by atoms with Crippen LogP contribution < -0.4 is 10.6 Å². The van der Waals surface area contributed by atoms with Gasteiger partial charge in [0, 0.05) is 24.3 Å². The minimum absolute atomic E-state index is 0.145. The van der Waals surface area contributed by atoms with E-state index in [2.05, 4.69) is 38.2 Å². The first kappa shape index (κ1) is 14.5. The Kier molecular flexibility index (Phi) is 4.65. The van der Waals surface area contributed by atoms with E-state index in [1.165, 1.54) is 16.4 Å². The summed E-state index contributed by atoms with van der Waals surface area (Å²) in [6.45, 7) is 1.89. The fraction of sp³-hybridized carbons (Fsp3) is 0.267. The standard InChI is InChI=1S/C15H17N5OS/c21-15(17-6-3-7-20-11-16-10-19-20)18-8-12-9-22-14-5-2-1-4-13(12)14/h1-2,4-5,9-11H,3,6-8H2,(H2,17,18,21). The predicted molar refractivity (Wildman–Crippen MR) is 86.7 cm³/mol. The third-order valence-corrected chi connectivity index (χ3v) is 4.33. The monoisotopic (exact) mass is 315 g/mol. The number of thiophene rings is 1. The molecule has 0 spiro atoms. The molecule has 3 rings (SSSR count). The summed E-state index contributed by atoms with van der Waals surface area (Å²) in [5, 5.41) is 13.1. The van der Waals surface area contributed by atoms with Crippen LogP contribution in [0.2, 0.25) is 0 Å². The van der Waals surface area contributed by atoms with Crippen molar-refractivity contribution in [3.8, 4) is 0 Å². The summed E-state index contributed by atoms with van der Waals surface area (Å²) in [5.41, 5.74) is 1.15. The van der Waals surface area contributed by atoms with E-state index in [9.17, 15) is 4.79 Å². The minimum Gasteiger partial charge on any atom is -0.338 e. The van der Waals surface area contributed by atoms with Gasteiger partial charge in [0.2, 0.25) is 0 Å². The first-order valence-electron chi connectivity index (χ1n) is 7.12. The lowest BCUT2D eigenvalue weighted by molar-refractivity contribution is 0.240. The number of aryl methyl sites for hydroxylation is 1. The maximum atomic E-state index is 11.8. The van der Waals surface area contributed by atoms with E-state index in [4.69, 9.17) is 0 Å². The lowest BCUT2D eigenvalue weighted by Crippen LogP contribution is -2.35. The number of amides is 2. The molecule has 2 N–H and O–H groups in total. The van der Waals surface area contributed by atoms with Crippen LogP contribution in [-0.2, 0) is 13.1 Å². The van der Waals surface area contributed by atoms with E-state index in [1.54, 1.807) is 22.3 Å². The number of carbonyl (C=O) groups excluding carboxylic acids is 1. The van der Waals surface area contributed by atoms with E-state index in [1.807, 2.05) is 12.1 Å². The second-order valence-electron chi connectivity index (χ2n) is 4.88. The molecule has 3 aromatic rings. The molecule has 0 bridgehead atoms. The number of rotatable bonds is 6. The van der Waals surface area contributed by atoms with Crippen LogP contribution in [-0.4, -0.2) is 27.3 Å². The van der Waals surface area contributed by atoms with Crippen molar-refractivity contribution in [2.24, 2.45) is 0 Å². The summed E-state index contributed by atoms with van der Waals surface area (Å²) in [5.74, 6) is 0. The zero-order valence-corrected chi connectivity index (χ0v) is 12.8. The van der Waals surface area contributed by atoms with E-state index in [-0.39, 0.29) is 6.03 Å². The van der Waals surface area contributed by atoms with E-state index in [0.717, 1.165) is 18.5 Å². The third-order valence-electron chi connectivity index (χ3n) is 3.32. The Morgan fingerprint density at radius 2 is 2.18 bits per heavy atom. The van der Waals surface area contributed by atoms with Crippen molar-refractivity contribution in [3.05, 3.63) is 47.9 Å². The topological polar surface area (TPSA) is 71.8 Å². The highest BCUT2D eigenvalue weighted by Crippen LogP contribution is 2.25. The normalized spacial score (nSPS) is 10.7. The van der Waals surface area contributed by atoms with Crippen LogP contribution in [0.15, 0.2) is 42.3 Å². The Balaban J connectivity index is 1.40. The molecule has 0 atom stereocenters. The number of nitrogens with one attached hydrogen (secondary N) is 2. The van der Waals surface area contributed by atoms with Gasteiger partial charge in [0.05, 0.1) is 0 Å². The maximum absolute atomic E-state index is 11.8. The molecule has 1 aromatic carbocycles. The Hall–Kier alpha value is -2.41. The molecule has 0 saturated carbocycles. The number of carbonyl (C=O) groups is 1. The molecular formula is C15H17N5OS. The number of nitrogens with zero attached hydrogens (tertiary/aromatic N) is 3. The van der Waals surface area contributed by atoms with Gasteiger partial charge in [-0.1, -0.05) is 18.2 Å². The molecule has 114 valence electrons.